The molecule has 1 amide bonds. The molecule has 1 N–H and O–H groups in total. The second-order valence-corrected chi connectivity index (χ2v) is 5.36. The van der Waals surface area contributed by atoms with Crippen molar-refractivity contribution >= 4 is 28.8 Å². The number of benzene rings is 1. The highest BCUT2D eigenvalue weighted by Crippen LogP contribution is 2.13. The molecule has 18 heavy (non-hydrogen) atoms. The van der Waals surface area contributed by atoms with E-state index in [0.29, 0.717) is 0 Å². The molecule has 1 fully saturated rings. The van der Waals surface area contributed by atoms with Crippen LogP contribution in [0.25, 0.3) is 0 Å². The number of amides is 1. The van der Waals surface area contributed by atoms with E-state index in [1.54, 1.807) is 0 Å². The summed E-state index contributed by atoms with van der Waals surface area (Å²) in [5.74, 6) is 0.243. The Labute approximate surface area is 122 Å². The highest BCUT2D eigenvalue weighted by molar-refractivity contribution is 14.1. The Bertz CT molecular complexity index is 377. The molecule has 1 aliphatic heterocycles. The van der Waals surface area contributed by atoms with Gasteiger partial charge >= 0.3 is 0 Å². The highest BCUT2D eigenvalue weighted by atomic mass is 127. The minimum absolute atomic E-state index is 0.105. The Morgan fingerprint density at radius 3 is 2.50 bits per heavy atom. The number of nitrogens with zero attached hydrogens (tertiary/aromatic N) is 1. The summed E-state index contributed by atoms with van der Waals surface area (Å²) in [6.07, 6.45) is 4.31. The van der Waals surface area contributed by atoms with Crippen molar-refractivity contribution in [1.82, 2.24) is 8.43 Å². The molecule has 0 spiro atoms. The number of likely N-dealkylation sites (tertiary alicyclic amines) is 1. The van der Waals surface area contributed by atoms with Crippen LogP contribution in [0.5, 0.6) is 0 Å². The van der Waals surface area contributed by atoms with Gasteiger partial charge in [0.25, 0.3) is 0 Å². The number of hydrogen-bond acceptors (Lipinski definition) is 2. The third-order valence-electron chi connectivity index (χ3n) is 3.38. The number of hydrogen-bond donors (Lipinski definition) is 1. The van der Waals surface area contributed by atoms with Crippen molar-refractivity contribution in [3.63, 3.8) is 0 Å². The number of piperidine rings is 1. The van der Waals surface area contributed by atoms with Crippen molar-refractivity contribution in [1.29, 1.82) is 0 Å². The molecule has 4 heteroatoms. The predicted octanol–water partition coefficient (Wildman–Crippen LogP) is 2.55. The van der Waals surface area contributed by atoms with Gasteiger partial charge in [0.15, 0.2) is 0 Å². The molecule has 1 aromatic carbocycles. The molecule has 3 nitrogen and oxygen atoms in total. The zero-order valence-corrected chi connectivity index (χ0v) is 12.6. The summed E-state index contributed by atoms with van der Waals surface area (Å²) in [6, 6.07) is 10.1. The standard InChI is InChI=1S/C14H19IN2O/c15-16-13(11-12-7-3-1-4-8-12)14(18)17-9-5-2-6-10-17/h1,3-4,7-8,13,16H,2,5-6,9-11H2/t13-/m0/s1. The molecule has 1 aromatic rings. The van der Waals surface area contributed by atoms with Crippen LogP contribution in [0, 0.1) is 0 Å². The van der Waals surface area contributed by atoms with E-state index < -0.39 is 0 Å². The molecular weight excluding hydrogens is 339 g/mol. The maximum Gasteiger partial charge on any atom is 0.240 e. The smallest absolute Gasteiger partial charge is 0.240 e. The molecule has 2 rings (SSSR count). The monoisotopic (exact) mass is 358 g/mol. The van der Waals surface area contributed by atoms with Crippen LogP contribution in [-0.2, 0) is 11.2 Å². The second kappa shape index (κ2) is 7.09. The van der Waals surface area contributed by atoms with Crippen molar-refractivity contribution in [2.75, 3.05) is 13.1 Å². The Morgan fingerprint density at radius 1 is 1.22 bits per heavy atom. The largest absolute Gasteiger partial charge is 0.341 e. The minimum Gasteiger partial charge on any atom is -0.341 e. The van der Waals surface area contributed by atoms with Gasteiger partial charge in [-0.1, -0.05) is 30.3 Å². The number of halogens is 1. The van der Waals surface area contributed by atoms with Gasteiger partial charge in [-0.2, -0.15) is 0 Å². The lowest BCUT2D eigenvalue weighted by atomic mass is 10.0. The van der Waals surface area contributed by atoms with Crippen LogP contribution in [0.1, 0.15) is 24.8 Å². The normalized spacial score (nSPS) is 17.5. The number of nitrogens with one attached hydrogen (secondary N) is 1. The molecule has 0 bridgehead atoms. The van der Waals surface area contributed by atoms with E-state index in [-0.39, 0.29) is 11.9 Å². The summed E-state index contributed by atoms with van der Waals surface area (Å²) in [5.41, 5.74) is 1.21. The van der Waals surface area contributed by atoms with Gasteiger partial charge < -0.3 is 4.90 Å². The van der Waals surface area contributed by atoms with Gasteiger partial charge in [-0.05, 0) is 31.2 Å². The van der Waals surface area contributed by atoms with Crippen LogP contribution in [0.2, 0.25) is 0 Å². The van der Waals surface area contributed by atoms with Crippen LogP contribution in [0.15, 0.2) is 30.3 Å². The van der Waals surface area contributed by atoms with E-state index >= 15 is 0 Å². The van der Waals surface area contributed by atoms with Crippen molar-refractivity contribution in [3.8, 4) is 0 Å². The van der Waals surface area contributed by atoms with Crippen LogP contribution >= 0.6 is 22.9 Å². The summed E-state index contributed by atoms with van der Waals surface area (Å²) in [6.45, 7) is 1.84. The van der Waals surface area contributed by atoms with Crippen LogP contribution < -0.4 is 3.53 Å². The fourth-order valence-corrected chi connectivity index (χ4v) is 2.84. The van der Waals surface area contributed by atoms with E-state index in [2.05, 4.69) is 38.5 Å². The fourth-order valence-electron chi connectivity index (χ4n) is 2.36. The SMILES string of the molecule is O=C([C@H](Cc1ccccc1)NI)N1CCCCC1. The van der Waals surface area contributed by atoms with Crippen molar-refractivity contribution in [3.05, 3.63) is 35.9 Å². The molecule has 0 aliphatic carbocycles. The first-order valence-corrected chi connectivity index (χ1v) is 7.58. The van der Waals surface area contributed by atoms with Gasteiger partial charge in [-0.25, -0.2) is 3.53 Å². The topological polar surface area (TPSA) is 32.3 Å². The van der Waals surface area contributed by atoms with E-state index in [0.717, 1.165) is 32.4 Å². The molecule has 1 aliphatic rings. The van der Waals surface area contributed by atoms with Crippen molar-refractivity contribution < 1.29 is 4.79 Å². The summed E-state index contributed by atoms with van der Waals surface area (Å²) >= 11 is 2.09. The van der Waals surface area contributed by atoms with Gasteiger partial charge in [0.05, 0.1) is 6.04 Å². The lowest BCUT2D eigenvalue weighted by Crippen LogP contribution is -2.46. The van der Waals surface area contributed by atoms with Gasteiger partial charge in [-0.15, -0.1) is 0 Å². The quantitative estimate of drug-likeness (QED) is 0.663. The van der Waals surface area contributed by atoms with Gasteiger partial charge in [0.2, 0.25) is 5.91 Å². The predicted molar refractivity (Wildman–Crippen MR) is 81.5 cm³/mol. The number of carbonyl (C=O) groups excluding carboxylic acids is 1. The third-order valence-corrected chi connectivity index (χ3v) is 4.13. The zero-order valence-electron chi connectivity index (χ0n) is 10.4. The fraction of sp³-hybridized carbons (Fsp3) is 0.500. The van der Waals surface area contributed by atoms with Crippen LogP contribution in [0.4, 0.5) is 0 Å². The summed E-state index contributed by atoms with van der Waals surface area (Å²) in [5, 5.41) is 0. The van der Waals surface area contributed by atoms with Crippen LogP contribution in [-0.4, -0.2) is 29.9 Å². The number of rotatable bonds is 4. The van der Waals surface area contributed by atoms with Gasteiger partial charge in [-0.3, -0.25) is 4.79 Å². The zero-order chi connectivity index (χ0) is 12.8. The van der Waals surface area contributed by atoms with Gasteiger partial charge in [0, 0.05) is 36.0 Å². The molecule has 0 saturated carbocycles. The molecular formula is C14H19IN2O. The molecule has 0 aromatic heterocycles. The minimum atomic E-state index is -0.105. The lowest BCUT2D eigenvalue weighted by Gasteiger charge is -2.30. The third kappa shape index (κ3) is 3.68. The number of carbonyl (C=O) groups is 1. The van der Waals surface area contributed by atoms with Crippen LogP contribution in [0.3, 0.4) is 0 Å². The first-order chi connectivity index (χ1) is 8.81. The Hall–Kier alpha value is -0.620. The maximum atomic E-state index is 12.4. The highest BCUT2D eigenvalue weighted by Gasteiger charge is 2.24. The average Bonchev–Trinajstić information content (AvgIpc) is 2.46. The van der Waals surface area contributed by atoms with E-state index in [1.165, 1.54) is 12.0 Å². The summed E-state index contributed by atoms with van der Waals surface area (Å²) in [4.78, 5) is 14.4. The molecule has 1 atom stereocenters. The van der Waals surface area contributed by atoms with Gasteiger partial charge in [0.1, 0.15) is 0 Å². The van der Waals surface area contributed by atoms with E-state index in [4.69, 9.17) is 0 Å². The summed E-state index contributed by atoms with van der Waals surface area (Å²) in [7, 11) is 0. The average molecular weight is 358 g/mol. The van der Waals surface area contributed by atoms with Crippen molar-refractivity contribution in [2.45, 2.75) is 31.7 Å². The second-order valence-electron chi connectivity index (χ2n) is 4.74. The Kier molecular flexibility index (Phi) is 5.44. The molecule has 1 saturated heterocycles. The van der Waals surface area contributed by atoms with E-state index in [9.17, 15) is 4.79 Å². The van der Waals surface area contributed by atoms with E-state index in [1.807, 2.05) is 23.1 Å². The molecule has 0 radical (unpaired) electrons. The maximum absolute atomic E-state index is 12.4. The first kappa shape index (κ1) is 13.8. The first-order valence-electron chi connectivity index (χ1n) is 6.50. The molecule has 98 valence electrons. The Morgan fingerprint density at radius 2 is 1.89 bits per heavy atom. The lowest BCUT2D eigenvalue weighted by molar-refractivity contribution is -0.133. The Balaban J connectivity index is 1.97. The molecule has 0 unspecified atom stereocenters. The molecule has 1 heterocycles. The van der Waals surface area contributed by atoms with Crippen molar-refractivity contribution in [2.24, 2.45) is 0 Å². The summed E-state index contributed by atoms with van der Waals surface area (Å²) < 4.78 is 3.13.